The molecular weight excluding hydrogens is 362 g/mol. The number of carbonyl (C=O) groups is 1. The van der Waals surface area contributed by atoms with E-state index < -0.39 is 6.09 Å². The maximum absolute atomic E-state index is 11.0. The van der Waals surface area contributed by atoms with Crippen molar-refractivity contribution >= 4 is 23.1 Å². The first-order valence-electron chi connectivity index (χ1n) is 8.28. The van der Waals surface area contributed by atoms with E-state index >= 15 is 0 Å². The molecule has 0 saturated carbocycles. The van der Waals surface area contributed by atoms with Crippen LogP contribution in [-0.2, 0) is 7.05 Å². The Morgan fingerprint density at radius 2 is 2.11 bits per heavy atom. The fourth-order valence-electron chi connectivity index (χ4n) is 3.10. The van der Waals surface area contributed by atoms with Gasteiger partial charge in [0.25, 0.3) is 0 Å². The lowest BCUT2D eigenvalue weighted by Gasteiger charge is -2.10. The molecule has 10 heteroatoms. The molecule has 3 aromatic heterocycles. The molecule has 142 valence electrons. The van der Waals surface area contributed by atoms with Gasteiger partial charge >= 0.3 is 6.09 Å². The second-order valence-electron chi connectivity index (χ2n) is 6.07. The van der Waals surface area contributed by atoms with Crippen molar-refractivity contribution in [2.24, 2.45) is 7.05 Å². The number of nitrogens with zero attached hydrogens (tertiary/aromatic N) is 5. The second-order valence-corrected chi connectivity index (χ2v) is 6.07. The van der Waals surface area contributed by atoms with Crippen LogP contribution in [0.4, 0.5) is 16.3 Å². The molecule has 0 bridgehead atoms. The Balaban J connectivity index is 1.93. The zero-order valence-electron chi connectivity index (χ0n) is 15.1. The van der Waals surface area contributed by atoms with Crippen molar-refractivity contribution in [3.63, 3.8) is 0 Å². The standard InChI is InChI=1S/C18H17N7O3/c1-24-6-5-12(23-24)14-8-11(16-17(19)20-9-21-25(14)16)10-3-4-13(22-18(26)27)15(7-10)28-2/h3-9,22H,1-2H3,(H,26,27)(H2,19,20,21). The average Bonchev–Trinajstić information content (AvgIpc) is 3.26. The highest BCUT2D eigenvalue weighted by atomic mass is 16.5. The summed E-state index contributed by atoms with van der Waals surface area (Å²) in [6.07, 6.45) is 2.06. The number of benzene rings is 1. The number of fused-ring (bicyclic) bond motifs is 1. The minimum Gasteiger partial charge on any atom is -0.495 e. The molecule has 4 N–H and O–H groups in total. The minimum atomic E-state index is -1.17. The van der Waals surface area contributed by atoms with E-state index in [9.17, 15) is 4.79 Å². The lowest BCUT2D eigenvalue weighted by atomic mass is 10.1. The predicted octanol–water partition coefficient (Wildman–Crippen LogP) is 2.48. The van der Waals surface area contributed by atoms with Gasteiger partial charge < -0.3 is 15.6 Å². The van der Waals surface area contributed by atoms with E-state index in [-0.39, 0.29) is 0 Å². The molecule has 1 aromatic carbocycles. The molecule has 0 aliphatic rings. The van der Waals surface area contributed by atoms with E-state index in [1.165, 1.54) is 13.4 Å². The van der Waals surface area contributed by atoms with Crippen molar-refractivity contribution in [1.29, 1.82) is 0 Å². The van der Waals surface area contributed by atoms with Crippen molar-refractivity contribution in [3.05, 3.63) is 42.9 Å². The molecule has 0 aliphatic heterocycles. The van der Waals surface area contributed by atoms with Crippen molar-refractivity contribution in [3.8, 4) is 28.3 Å². The summed E-state index contributed by atoms with van der Waals surface area (Å²) >= 11 is 0. The van der Waals surface area contributed by atoms with Gasteiger partial charge in [0.15, 0.2) is 5.82 Å². The Morgan fingerprint density at radius 1 is 1.29 bits per heavy atom. The molecule has 0 atom stereocenters. The highest BCUT2D eigenvalue weighted by Gasteiger charge is 2.19. The van der Waals surface area contributed by atoms with Crippen molar-refractivity contribution in [1.82, 2.24) is 24.4 Å². The van der Waals surface area contributed by atoms with Gasteiger partial charge in [0, 0.05) is 18.8 Å². The Bertz CT molecular complexity index is 1200. The average molecular weight is 379 g/mol. The van der Waals surface area contributed by atoms with Crippen LogP contribution in [-0.4, -0.2) is 42.7 Å². The van der Waals surface area contributed by atoms with Crippen molar-refractivity contribution < 1.29 is 14.6 Å². The Kier molecular flexibility index (Phi) is 4.07. The van der Waals surface area contributed by atoms with E-state index in [4.69, 9.17) is 15.6 Å². The molecule has 0 aliphatic carbocycles. The van der Waals surface area contributed by atoms with E-state index in [2.05, 4.69) is 20.5 Å². The number of nitrogens with two attached hydrogens (primary N) is 1. The van der Waals surface area contributed by atoms with Crippen LogP contribution >= 0.6 is 0 Å². The fraction of sp³-hybridized carbons (Fsp3) is 0.111. The van der Waals surface area contributed by atoms with E-state index in [0.717, 1.165) is 22.5 Å². The summed E-state index contributed by atoms with van der Waals surface area (Å²) < 4.78 is 8.73. The second kappa shape index (κ2) is 6.58. The number of hydrogen-bond donors (Lipinski definition) is 3. The minimum absolute atomic E-state index is 0.318. The maximum Gasteiger partial charge on any atom is 0.409 e. The molecule has 10 nitrogen and oxygen atoms in total. The third-order valence-electron chi connectivity index (χ3n) is 4.31. The van der Waals surface area contributed by atoms with Gasteiger partial charge in [-0.1, -0.05) is 6.07 Å². The molecular formula is C18H17N7O3. The molecule has 3 heterocycles. The molecule has 4 rings (SSSR count). The van der Waals surface area contributed by atoms with Gasteiger partial charge in [-0.05, 0) is 29.8 Å². The summed E-state index contributed by atoms with van der Waals surface area (Å²) in [6.45, 7) is 0. The topological polar surface area (TPSA) is 133 Å². The lowest BCUT2D eigenvalue weighted by molar-refractivity contribution is 0.209. The molecule has 28 heavy (non-hydrogen) atoms. The summed E-state index contributed by atoms with van der Waals surface area (Å²) in [4.78, 5) is 15.1. The zero-order valence-corrected chi connectivity index (χ0v) is 15.1. The first-order chi connectivity index (χ1) is 13.5. The predicted molar refractivity (Wildman–Crippen MR) is 103 cm³/mol. The lowest BCUT2D eigenvalue weighted by Crippen LogP contribution is -2.08. The quantitative estimate of drug-likeness (QED) is 0.496. The first-order valence-corrected chi connectivity index (χ1v) is 8.28. The number of nitrogen functional groups attached to an aromatic ring is 1. The summed E-state index contributed by atoms with van der Waals surface area (Å²) in [7, 11) is 3.31. The van der Waals surface area contributed by atoms with E-state index in [1.54, 1.807) is 27.4 Å². The SMILES string of the molecule is COc1cc(-c2cc(-c3ccn(C)n3)n3ncnc(N)c23)ccc1NC(=O)O. The highest BCUT2D eigenvalue weighted by Crippen LogP contribution is 2.37. The molecule has 0 fully saturated rings. The van der Waals surface area contributed by atoms with Crippen LogP contribution in [0, 0.1) is 0 Å². The molecule has 1 amide bonds. The maximum atomic E-state index is 11.0. The number of aromatic nitrogens is 5. The number of aryl methyl sites for hydroxylation is 1. The van der Waals surface area contributed by atoms with Crippen LogP contribution in [0.2, 0.25) is 0 Å². The monoisotopic (exact) mass is 379 g/mol. The van der Waals surface area contributed by atoms with Crippen molar-refractivity contribution in [2.75, 3.05) is 18.2 Å². The number of anilines is 2. The molecule has 0 radical (unpaired) electrons. The van der Waals surface area contributed by atoms with Crippen LogP contribution in [0.5, 0.6) is 5.75 Å². The van der Waals surface area contributed by atoms with Gasteiger partial charge in [0.2, 0.25) is 0 Å². The smallest absolute Gasteiger partial charge is 0.409 e. The Morgan fingerprint density at radius 3 is 2.79 bits per heavy atom. The molecule has 4 aromatic rings. The Labute approximate surface area is 159 Å². The van der Waals surface area contributed by atoms with Crippen molar-refractivity contribution in [2.45, 2.75) is 0 Å². The Hall–Kier alpha value is -4.08. The van der Waals surface area contributed by atoms with Gasteiger partial charge in [-0.3, -0.25) is 10.00 Å². The number of ether oxygens (including phenoxy) is 1. The number of nitrogens with one attached hydrogen (secondary N) is 1. The number of rotatable bonds is 4. The van der Waals surface area contributed by atoms with E-state index in [0.29, 0.717) is 22.8 Å². The van der Waals surface area contributed by atoms with Crippen LogP contribution in [0.25, 0.3) is 28.0 Å². The third kappa shape index (κ3) is 2.86. The van der Waals surface area contributed by atoms with E-state index in [1.807, 2.05) is 25.4 Å². The molecule has 0 spiro atoms. The van der Waals surface area contributed by atoms with Crippen LogP contribution in [0.3, 0.4) is 0 Å². The van der Waals surface area contributed by atoms with Crippen LogP contribution in [0.1, 0.15) is 0 Å². The zero-order chi connectivity index (χ0) is 19.8. The normalized spacial score (nSPS) is 10.9. The number of carboxylic acid groups (broad SMARTS) is 1. The highest BCUT2D eigenvalue weighted by molar-refractivity contribution is 5.93. The van der Waals surface area contributed by atoms with Gasteiger partial charge in [-0.2, -0.15) is 10.2 Å². The van der Waals surface area contributed by atoms with Gasteiger partial charge in [-0.15, -0.1) is 0 Å². The van der Waals surface area contributed by atoms with Crippen LogP contribution in [0.15, 0.2) is 42.9 Å². The molecule has 0 saturated heterocycles. The summed E-state index contributed by atoms with van der Waals surface area (Å²) in [5.41, 5.74) is 10.2. The number of amides is 1. The van der Waals surface area contributed by atoms with Crippen LogP contribution < -0.4 is 15.8 Å². The summed E-state index contributed by atoms with van der Waals surface area (Å²) in [6, 6.07) is 8.94. The first kappa shape index (κ1) is 17.3. The summed E-state index contributed by atoms with van der Waals surface area (Å²) in [5, 5.41) is 20.1. The van der Waals surface area contributed by atoms with Gasteiger partial charge in [0.05, 0.1) is 18.5 Å². The number of methoxy groups -OCH3 is 1. The van der Waals surface area contributed by atoms with Gasteiger partial charge in [-0.25, -0.2) is 14.3 Å². The fourth-order valence-corrected chi connectivity index (χ4v) is 3.10. The molecule has 0 unspecified atom stereocenters. The summed E-state index contributed by atoms with van der Waals surface area (Å²) in [5.74, 6) is 0.702. The largest absolute Gasteiger partial charge is 0.495 e. The van der Waals surface area contributed by atoms with Gasteiger partial charge in [0.1, 0.15) is 23.3 Å². The third-order valence-corrected chi connectivity index (χ3v) is 4.31. The number of hydrogen-bond acceptors (Lipinski definition) is 6.